The Hall–Kier alpha value is -1.99. The molecule has 0 N–H and O–H groups in total. The molecule has 0 saturated carbocycles. The summed E-state index contributed by atoms with van der Waals surface area (Å²) in [5.41, 5.74) is -2.27. The summed E-state index contributed by atoms with van der Waals surface area (Å²) >= 11 is 0. The Morgan fingerprint density at radius 2 is 2.00 bits per heavy atom. The molecule has 0 fully saturated rings. The fourth-order valence-electron chi connectivity index (χ4n) is 1.32. The van der Waals surface area contributed by atoms with Gasteiger partial charge in [0.2, 0.25) is 0 Å². The monoisotopic (exact) mass is 248 g/mol. The predicted octanol–water partition coefficient (Wildman–Crippen LogP) is 3.44. The molecule has 17 heavy (non-hydrogen) atoms. The normalized spacial score (nSPS) is 13.2. The van der Waals surface area contributed by atoms with Gasteiger partial charge < -0.3 is 0 Å². The summed E-state index contributed by atoms with van der Waals surface area (Å²) in [7, 11) is 0. The molecule has 1 rings (SSSR count). The van der Waals surface area contributed by atoms with Gasteiger partial charge in [-0.15, -0.1) is 0 Å². The summed E-state index contributed by atoms with van der Waals surface area (Å²) in [6, 6.07) is 0.989. The van der Waals surface area contributed by atoms with Gasteiger partial charge in [0.05, 0.1) is 10.5 Å². The largest absolute Gasteiger partial charge is 0.417 e. The predicted molar refractivity (Wildman–Crippen MR) is 52.3 cm³/mol. The molecule has 0 radical (unpaired) electrons. The molecule has 0 spiro atoms. The van der Waals surface area contributed by atoms with Crippen LogP contribution in [-0.4, -0.2) is 4.92 Å². The highest BCUT2D eigenvalue weighted by Crippen LogP contribution is 2.37. The average Bonchev–Trinajstić information content (AvgIpc) is 2.26. The summed E-state index contributed by atoms with van der Waals surface area (Å²) in [6.07, 6.45) is -4.76. The summed E-state index contributed by atoms with van der Waals surface area (Å²) in [4.78, 5) is 19.7. The van der Waals surface area contributed by atoms with Crippen molar-refractivity contribution in [1.29, 1.82) is 0 Å². The van der Waals surface area contributed by atoms with E-state index in [1.54, 1.807) is 0 Å². The van der Waals surface area contributed by atoms with Gasteiger partial charge in [-0.3, -0.25) is 10.1 Å². The van der Waals surface area contributed by atoms with E-state index in [2.05, 4.69) is 5.18 Å². The molecule has 1 aromatic rings. The third kappa shape index (κ3) is 2.77. The molecule has 0 aliphatic heterocycles. The minimum atomic E-state index is -4.76. The van der Waals surface area contributed by atoms with Crippen LogP contribution in [-0.2, 0) is 6.18 Å². The van der Waals surface area contributed by atoms with Crippen LogP contribution in [0.5, 0.6) is 0 Å². The first-order chi connectivity index (χ1) is 7.77. The number of non-ortho nitro benzene ring substituents is 1. The van der Waals surface area contributed by atoms with Crippen LogP contribution in [0.3, 0.4) is 0 Å². The van der Waals surface area contributed by atoms with E-state index in [4.69, 9.17) is 0 Å². The number of nitroso groups, excluding NO2 is 1. The Balaban J connectivity index is 3.42. The zero-order valence-electron chi connectivity index (χ0n) is 8.56. The standard InChI is InChI=1S/C9H7F3N2O3/c1-5(13-15)7-3-2-6(14(16)17)4-8(7)9(10,11)12/h2-5H,1H3. The number of nitrogens with zero attached hydrogens (tertiary/aromatic N) is 2. The number of hydrogen-bond donors (Lipinski definition) is 0. The molecule has 0 bridgehead atoms. The zero-order valence-corrected chi connectivity index (χ0v) is 8.56. The highest BCUT2D eigenvalue weighted by Gasteiger charge is 2.36. The van der Waals surface area contributed by atoms with Crippen LogP contribution >= 0.6 is 0 Å². The van der Waals surface area contributed by atoms with E-state index in [9.17, 15) is 28.2 Å². The second-order valence-electron chi connectivity index (χ2n) is 3.31. The van der Waals surface area contributed by atoms with Crippen molar-refractivity contribution in [3.05, 3.63) is 44.3 Å². The Labute approximate surface area is 93.4 Å². The number of halogens is 3. The second kappa shape index (κ2) is 4.48. The van der Waals surface area contributed by atoms with Crippen molar-refractivity contribution < 1.29 is 18.1 Å². The quantitative estimate of drug-likeness (QED) is 0.467. The minimum Gasteiger partial charge on any atom is -0.258 e. The van der Waals surface area contributed by atoms with Gasteiger partial charge in [0.25, 0.3) is 5.69 Å². The first-order valence-corrected chi connectivity index (χ1v) is 4.45. The van der Waals surface area contributed by atoms with Crippen molar-refractivity contribution in [3.63, 3.8) is 0 Å². The lowest BCUT2D eigenvalue weighted by Gasteiger charge is -2.13. The Morgan fingerprint density at radius 3 is 2.41 bits per heavy atom. The van der Waals surface area contributed by atoms with Gasteiger partial charge in [0.1, 0.15) is 6.04 Å². The van der Waals surface area contributed by atoms with Crippen LogP contribution in [0.15, 0.2) is 23.4 Å². The van der Waals surface area contributed by atoms with Crippen molar-refractivity contribution in [2.24, 2.45) is 5.18 Å². The summed E-state index contributed by atoms with van der Waals surface area (Å²) in [5, 5.41) is 12.9. The maximum Gasteiger partial charge on any atom is 0.417 e. The molecule has 0 aliphatic rings. The first kappa shape index (κ1) is 13.1. The lowest BCUT2D eigenvalue weighted by molar-refractivity contribution is -0.385. The fourth-order valence-corrected chi connectivity index (χ4v) is 1.32. The molecule has 0 aromatic heterocycles. The van der Waals surface area contributed by atoms with E-state index >= 15 is 0 Å². The highest BCUT2D eigenvalue weighted by atomic mass is 19.4. The van der Waals surface area contributed by atoms with Crippen molar-refractivity contribution in [2.75, 3.05) is 0 Å². The van der Waals surface area contributed by atoms with Crippen LogP contribution in [0.4, 0.5) is 18.9 Å². The number of benzene rings is 1. The molecule has 92 valence electrons. The van der Waals surface area contributed by atoms with Gasteiger partial charge in [0, 0.05) is 12.1 Å². The van der Waals surface area contributed by atoms with Crippen LogP contribution in [0.25, 0.3) is 0 Å². The van der Waals surface area contributed by atoms with E-state index in [-0.39, 0.29) is 5.56 Å². The van der Waals surface area contributed by atoms with Crippen LogP contribution in [0.1, 0.15) is 24.1 Å². The molecule has 0 saturated heterocycles. The number of nitro groups is 1. The highest BCUT2D eigenvalue weighted by molar-refractivity contribution is 5.42. The Bertz CT molecular complexity index is 459. The Kier molecular flexibility index (Phi) is 3.45. The zero-order chi connectivity index (χ0) is 13.2. The molecule has 5 nitrogen and oxygen atoms in total. The number of hydrogen-bond acceptors (Lipinski definition) is 4. The van der Waals surface area contributed by atoms with Gasteiger partial charge in [-0.05, 0) is 18.6 Å². The van der Waals surface area contributed by atoms with E-state index in [1.807, 2.05) is 0 Å². The van der Waals surface area contributed by atoms with Gasteiger partial charge in [-0.2, -0.15) is 18.1 Å². The van der Waals surface area contributed by atoms with Gasteiger partial charge in [0.15, 0.2) is 0 Å². The summed E-state index contributed by atoms with van der Waals surface area (Å²) < 4.78 is 37.9. The average molecular weight is 248 g/mol. The molecule has 1 aromatic carbocycles. The van der Waals surface area contributed by atoms with Gasteiger partial charge in [-0.1, -0.05) is 5.18 Å². The van der Waals surface area contributed by atoms with Gasteiger partial charge in [-0.25, -0.2) is 0 Å². The summed E-state index contributed by atoms with van der Waals surface area (Å²) in [5.74, 6) is 0. The molecule has 1 atom stereocenters. The third-order valence-electron chi connectivity index (χ3n) is 2.16. The summed E-state index contributed by atoms with van der Waals surface area (Å²) in [6.45, 7) is 1.18. The Morgan fingerprint density at radius 1 is 1.41 bits per heavy atom. The lowest BCUT2D eigenvalue weighted by Crippen LogP contribution is -2.11. The van der Waals surface area contributed by atoms with Crippen molar-refractivity contribution in [1.82, 2.24) is 0 Å². The minimum absolute atomic E-state index is 0.377. The molecule has 0 heterocycles. The van der Waals surface area contributed by atoms with Crippen LogP contribution in [0.2, 0.25) is 0 Å². The third-order valence-corrected chi connectivity index (χ3v) is 2.16. The molecular formula is C9H7F3N2O3. The number of alkyl halides is 3. The van der Waals surface area contributed by atoms with Crippen LogP contribution < -0.4 is 0 Å². The van der Waals surface area contributed by atoms with E-state index in [0.29, 0.717) is 6.07 Å². The van der Waals surface area contributed by atoms with Gasteiger partial charge >= 0.3 is 6.18 Å². The molecule has 1 unspecified atom stereocenters. The van der Waals surface area contributed by atoms with E-state index in [1.165, 1.54) is 6.92 Å². The SMILES string of the molecule is CC(N=O)c1ccc([N+](=O)[O-])cc1C(F)(F)F. The maximum absolute atomic E-state index is 12.6. The van der Waals surface area contributed by atoms with Crippen molar-refractivity contribution >= 4 is 5.69 Å². The smallest absolute Gasteiger partial charge is 0.258 e. The molecule has 0 amide bonds. The maximum atomic E-state index is 12.6. The number of rotatable bonds is 3. The lowest BCUT2D eigenvalue weighted by atomic mass is 10.0. The molecular weight excluding hydrogens is 241 g/mol. The van der Waals surface area contributed by atoms with Crippen LogP contribution in [0, 0.1) is 15.0 Å². The van der Waals surface area contributed by atoms with Crippen molar-refractivity contribution in [3.8, 4) is 0 Å². The first-order valence-electron chi connectivity index (χ1n) is 4.45. The molecule has 0 aliphatic carbocycles. The second-order valence-corrected chi connectivity index (χ2v) is 3.31. The van der Waals surface area contributed by atoms with E-state index < -0.39 is 28.4 Å². The van der Waals surface area contributed by atoms with E-state index in [0.717, 1.165) is 12.1 Å². The van der Waals surface area contributed by atoms with Crippen molar-refractivity contribution in [2.45, 2.75) is 19.1 Å². The number of nitro benzene ring substituents is 1. The fraction of sp³-hybridized carbons (Fsp3) is 0.333. The topological polar surface area (TPSA) is 72.6 Å². The molecule has 8 heteroatoms.